The molecular formula is C9H18S. The molecule has 0 aromatic rings. The van der Waals surface area contributed by atoms with Crippen LogP contribution in [0.15, 0.2) is 11.0 Å². The lowest BCUT2D eigenvalue weighted by Gasteiger charge is -1.99. The highest BCUT2D eigenvalue weighted by Gasteiger charge is 1.90. The number of allylic oxidation sites excluding steroid dienone is 2. The van der Waals surface area contributed by atoms with E-state index in [4.69, 9.17) is 0 Å². The monoisotopic (exact) mass is 158 g/mol. The molecule has 0 nitrogen and oxygen atoms in total. The first-order valence-corrected chi connectivity index (χ1v) is 5.30. The third-order valence-corrected chi connectivity index (χ3v) is 2.31. The zero-order chi connectivity index (χ0) is 7.82. The highest BCUT2D eigenvalue weighted by atomic mass is 32.2. The molecule has 60 valence electrons. The number of unbranched alkanes of at least 4 members (excludes halogenated alkanes) is 1. The summed E-state index contributed by atoms with van der Waals surface area (Å²) in [5, 5.41) is 0. The molecular weight excluding hydrogens is 140 g/mol. The standard InChI is InChI=1S/C9H18S/c1-4-6-8-9(10-3)7-5-2/h8H,4-7H2,1-3H3/b9-8+. The van der Waals surface area contributed by atoms with Crippen molar-refractivity contribution in [3.05, 3.63) is 11.0 Å². The van der Waals surface area contributed by atoms with Gasteiger partial charge >= 0.3 is 0 Å². The van der Waals surface area contributed by atoms with Crippen LogP contribution in [-0.2, 0) is 0 Å². The van der Waals surface area contributed by atoms with Crippen molar-refractivity contribution >= 4 is 11.8 Å². The maximum atomic E-state index is 2.37. The first-order valence-electron chi connectivity index (χ1n) is 4.08. The van der Waals surface area contributed by atoms with E-state index in [1.165, 1.54) is 25.7 Å². The van der Waals surface area contributed by atoms with Crippen LogP contribution in [-0.4, -0.2) is 6.26 Å². The lowest BCUT2D eigenvalue weighted by Crippen LogP contribution is -1.75. The first kappa shape index (κ1) is 10.1. The summed E-state index contributed by atoms with van der Waals surface area (Å²) in [6.45, 7) is 4.45. The predicted molar refractivity (Wildman–Crippen MR) is 51.4 cm³/mol. The predicted octanol–water partition coefficient (Wildman–Crippen LogP) is 3.83. The average molecular weight is 158 g/mol. The number of hydrogen-bond acceptors (Lipinski definition) is 1. The summed E-state index contributed by atoms with van der Waals surface area (Å²) >= 11 is 1.90. The van der Waals surface area contributed by atoms with Crippen LogP contribution >= 0.6 is 11.8 Å². The van der Waals surface area contributed by atoms with E-state index >= 15 is 0 Å². The molecule has 0 aliphatic rings. The summed E-state index contributed by atoms with van der Waals surface area (Å²) in [4.78, 5) is 1.56. The lowest BCUT2D eigenvalue weighted by atomic mass is 10.2. The van der Waals surface area contributed by atoms with Gasteiger partial charge < -0.3 is 0 Å². The van der Waals surface area contributed by atoms with Crippen molar-refractivity contribution in [2.75, 3.05) is 6.26 Å². The Labute approximate surface area is 69.1 Å². The van der Waals surface area contributed by atoms with E-state index in [1.807, 2.05) is 11.8 Å². The van der Waals surface area contributed by atoms with Gasteiger partial charge in [-0.05, 0) is 24.0 Å². The summed E-state index contributed by atoms with van der Waals surface area (Å²) in [6, 6.07) is 0. The Hall–Kier alpha value is 0.0900. The second-order valence-corrected chi connectivity index (χ2v) is 3.35. The normalized spacial score (nSPS) is 12.1. The van der Waals surface area contributed by atoms with Gasteiger partial charge in [0.2, 0.25) is 0 Å². The summed E-state index contributed by atoms with van der Waals surface area (Å²) in [5.74, 6) is 0. The Morgan fingerprint density at radius 1 is 1.30 bits per heavy atom. The number of hydrogen-bond donors (Lipinski definition) is 0. The SMILES string of the molecule is CCC/C=C(\CCC)SC. The van der Waals surface area contributed by atoms with Crippen molar-refractivity contribution in [2.45, 2.75) is 39.5 Å². The van der Waals surface area contributed by atoms with Gasteiger partial charge in [-0.2, -0.15) is 0 Å². The van der Waals surface area contributed by atoms with Crippen LogP contribution < -0.4 is 0 Å². The molecule has 0 amide bonds. The molecule has 0 N–H and O–H groups in total. The molecule has 0 spiro atoms. The number of thioether (sulfide) groups is 1. The van der Waals surface area contributed by atoms with Crippen LogP contribution in [0, 0.1) is 0 Å². The van der Waals surface area contributed by atoms with Crippen molar-refractivity contribution in [1.29, 1.82) is 0 Å². The van der Waals surface area contributed by atoms with Crippen LogP contribution in [0.4, 0.5) is 0 Å². The summed E-state index contributed by atoms with van der Waals surface area (Å²) in [5.41, 5.74) is 0. The second-order valence-electron chi connectivity index (χ2n) is 2.41. The molecule has 0 bridgehead atoms. The van der Waals surface area contributed by atoms with Gasteiger partial charge in [-0.25, -0.2) is 0 Å². The Morgan fingerprint density at radius 3 is 2.40 bits per heavy atom. The third-order valence-electron chi connectivity index (χ3n) is 1.42. The Kier molecular flexibility index (Phi) is 7.26. The van der Waals surface area contributed by atoms with Crippen LogP contribution in [0.1, 0.15) is 39.5 Å². The van der Waals surface area contributed by atoms with Gasteiger partial charge in [-0.15, -0.1) is 11.8 Å². The van der Waals surface area contributed by atoms with Crippen LogP contribution in [0.5, 0.6) is 0 Å². The molecule has 0 radical (unpaired) electrons. The molecule has 0 aromatic heterocycles. The maximum Gasteiger partial charge on any atom is -0.0140 e. The molecule has 10 heavy (non-hydrogen) atoms. The van der Waals surface area contributed by atoms with Crippen LogP contribution in [0.3, 0.4) is 0 Å². The smallest absolute Gasteiger partial charge is 0.0140 e. The average Bonchev–Trinajstić information content (AvgIpc) is 1.98. The highest BCUT2D eigenvalue weighted by molar-refractivity contribution is 8.02. The molecule has 0 fully saturated rings. The topological polar surface area (TPSA) is 0 Å². The molecule has 0 rings (SSSR count). The summed E-state index contributed by atoms with van der Waals surface area (Å²) in [6.07, 6.45) is 9.59. The van der Waals surface area contributed by atoms with Crippen LogP contribution in [0.2, 0.25) is 0 Å². The zero-order valence-corrected chi connectivity index (χ0v) is 8.13. The molecule has 0 heterocycles. The first-order chi connectivity index (χ1) is 4.85. The van der Waals surface area contributed by atoms with Crippen molar-refractivity contribution < 1.29 is 0 Å². The van der Waals surface area contributed by atoms with E-state index in [-0.39, 0.29) is 0 Å². The van der Waals surface area contributed by atoms with E-state index in [2.05, 4.69) is 26.2 Å². The van der Waals surface area contributed by atoms with E-state index in [0.717, 1.165) is 0 Å². The molecule has 0 aromatic carbocycles. The minimum absolute atomic E-state index is 1.25. The fourth-order valence-corrected chi connectivity index (χ4v) is 1.53. The quantitative estimate of drug-likeness (QED) is 0.586. The van der Waals surface area contributed by atoms with Gasteiger partial charge in [0.15, 0.2) is 0 Å². The van der Waals surface area contributed by atoms with Crippen molar-refractivity contribution in [3.8, 4) is 0 Å². The largest absolute Gasteiger partial charge is 0.134 e. The van der Waals surface area contributed by atoms with Crippen molar-refractivity contribution in [3.63, 3.8) is 0 Å². The molecule has 1 heteroatoms. The minimum atomic E-state index is 1.25. The molecule has 0 aliphatic carbocycles. The molecule has 0 unspecified atom stereocenters. The van der Waals surface area contributed by atoms with E-state index in [0.29, 0.717) is 0 Å². The molecule has 0 aliphatic heterocycles. The molecule has 0 saturated carbocycles. The van der Waals surface area contributed by atoms with Crippen molar-refractivity contribution in [2.24, 2.45) is 0 Å². The van der Waals surface area contributed by atoms with Gasteiger partial charge in [0.1, 0.15) is 0 Å². The zero-order valence-electron chi connectivity index (χ0n) is 7.31. The molecule has 0 atom stereocenters. The summed E-state index contributed by atoms with van der Waals surface area (Å²) < 4.78 is 0. The molecule has 0 saturated heterocycles. The Bertz CT molecular complexity index is 94.9. The Balaban J connectivity index is 3.55. The van der Waals surface area contributed by atoms with Gasteiger partial charge in [0.25, 0.3) is 0 Å². The van der Waals surface area contributed by atoms with Crippen molar-refractivity contribution in [1.82, 2.24) is 0 Å². The van der Waals surface area contributed by atoms with E-state index in [9.17, 15) is 0 Å². The second kappa shape index (κ2) is 7.20. The fraction of sp³-hybridized carbons (Fsp3) is 0.778. The van der Waals surface area contributed by atoms with Gasteiger partial charge in [-0.1, -0.05) is 32.8 Å². The van der Waals surface area contributed by atoms with Gasteiger partial charge in [0.05, 0.1) is 0 Å². The Morgan fingerprint density at radius 2 is 2.00 bits per heavy atom. The lowest BCUT2D eigenvalue weighted by molar-refractivity contribution is 0.912. The number of rotatable bonds is 5. The maximum absolute atomic E-state index is 2.37. The highest BCUT2D eigenvalue weighted by Crippen LogP contribution is 2.18. The van der Waals surface area contributed by atoms with E-state index in [1.54, 1.807) is 4.91 Å². The fourth-order valence-electron chi connectivity index (χ4n) is 0.839. The van der Waals surface area contributed by atoms with Gasteiger partial charge in [0, 0.05) is 0 Å². The van der Waals surface area contributed by atoms with E-state index < -0.39 is 0 Å². The third kappa shape index (κ3) is 4.92. The summed E-state index contributed by atoms with van der Waals surface area (Å²) in [7, 11) is 0. The van der Waals surface area contributed by atoms with Gasteiger partial charge in [-0.3, -0.25) is 0 Å². The minimum Gasteiger partial charge on any atom is -0.134 e. The van der Waals surface area contributed by atoms with Crippen LogP contribution in [0.25, 0.3) is 0 Å².